The summed E-state index contributed by atoms with van der Waals surface area (Å²) in [6.45, 7) is 3.78. The molecule has 1 heterocycles. The zero-order valence-corrected chi connectivity index (χ0v) is 13.1. The van der Waals surface area contributed by atoms with Crippen LogP contribution in [-0.2, 0) is 9.53 Å². The van der Waals surface area contributed by atoms with Crippen molar-refractivity contribution in [2.45, 2.75) is 20.0 Å². The molecule has 3 aromatic rings. The monoisotopic (exact) mass is 310 g/mol. The fourth-order valence-electron chi connectivity index (χ4n) is 2.36. The van der Waals surface area contributed by atoms with Gasteiger partial charge < -0.3 is 13.9 Å². The van der Waals surface area contributed by atoms with Gasteiger partial charge in [-0.3, -0.25) is 0 Å². The smallest absolute Gasteiger partial charge is 0.347 e. The Morgan fingerprint density at radius 2 is 1.96 bits per heavy atom. The Labute approximate surface area is 134 Å². The zero-order chi connectivity index (χ0) is 16.2. The molecule has 0 spiro atoms. The van der Waals surface area contributed by atoms with Crippen LogP contribution in [0.15, 0.2) is 59.0 Å². The van der Waals surface area contributed by atoms with E-state index in [2.05, 4.69) is 0 Å². The molecule has 1 atom stereocenters. The number of esters is 1. The molecule has 2 aromatic carbocycles. The molecule has 0 radical (unpaired) electrons. The van der Waals surface area contributed by atoms with Gasteiger partial charge in [0.1, 0.15) is 17.1 Å². The van der Waals surface area contributed by atoms with Gasteiger partial charge in [0, 0.05) is 10.9 Å². The van der Waals surface area contributed by atoms with Crippen molar-refractivity contribution >= 4 is 16.9 Å². The number of hydrogen-bond donors (Lipinski definition) is 0. The van der Waals surface area contributed by atoms with E-state index in [1.165, 1.54) is 0 Å². The molecule has 1 unspecified atom stereocenters. The largest absolute Gasteiger partial charge is 0.479 e. The van der Waals surface area contributed by atoms with Crippen molar-refractivity contribution in [1.29, 1.82) is 0 Å². The number of carbonyl (C=O) groups is 1. The predicted molar refractivity (Wildman–Crippen MR) is 88.4 cm³/mol. The van der Waals surface area contributed by atoms with Crippen LogP contribution in [0.2, 0.25) is 0 Å². The lowest BCUT2D eigenvalue weighted by Crippen LogP contribution is -2.26. The molecule has 3 rings (SSSR count). The second-order valence-electron chi connectivity index (χ2n) is 5.19. The number of rotatable bonds is 5. The molecule has 0 saturated carbocycles. The average molecular weight is 310 g/mol. The van der Waals surface area contributed by atoms with E-state index < -0.39 is 6.10 Å². The van der Waals surface area contributed by atoms with Crippen molar-refractivity contribution < 1.29 is 18.7 Å². The molecule has 0 fully saturated rings. The maximum Gasteiger partial charge on any atom is 0.347 e. The Balaban J connectivity index is 1.83. The van der Waals surface area contributed by atoms with Crippen LogP contribution < -0.4 is 4.74 Å². The highest BCUT2D eigenvalue weighted by atomic mass is 16.6. The Morgan fingerprint density at radius 3 is 2.74 bits per heavy atom. The lowest BCUT2D eigenvalue weighted by atomic mass is 10.1. The molecule has 0 aliphatic rings. The first kappa shape index (κ1) is 15.2. The number of ether oxygens (including phenoxy) is 2. The molecule has 118 valence electrons. The van der Waals surface area contributed by atoms with Gasteiger partial charge in [0.15, 0.2) is 6.10 Å². The van der Waals surface area contributed by atoms with Crippen molar-refractivity contribution in [3.8, 4) is 17.1 Å². The SMILES string of the molecule is CCOC(=O)C(C)Oc1cccc(-c2cc3ccccc3o2)c1. The standard InChI is InChI=1S/C19H18O4/c1-3-21-19(20)13(2)22-16-9-6-8-14(11-16)18-12-15-7-4-5-10-17(15)23-18/h4-13H,3H2,1-2H3. The van der Waals surface area contributed by atoms with Crippen molar-refractivity contribution in [3.63, 3.8) is 0 Å². The van der Waals surface area contributed by atoms with Crippen LogP contribution >= 0.6 is 0 Å². The summed E-state index contributed by atoms with van der Waals surface area (Å²) in [5.41, 5.74) is 1.74. The van der Waals surface area contributed by atoms with Crippen molar-refractivity contribution in [1.82, 2.24) is 0 Å². The summed E-state index contributed by atoms with van der Waals surface area (Å²) in [6.07, 6.45) is -0.652. The van der Waals surface area contributed by atoms with E-state index in [1.54, 1.807) is 13.8 Å². The molecule has 4 nitrogen and oxygen atoms in total. The van der Waals surface area contributed by atoms with Gasteiger partial charge in [-0.05, 0) is 38.1 Å². The first-order valence-corrected chi connectivity index (χ1v) is 7.59. The van der Waals surface area contributed by atoms with Gasteiger partial charge in [0.25, 0.3) is 0 Å². The van der Waals surface area contributed by atoms with Crippen LogP contribution in [0.5, 0.6) is 5.75 Å². The molecular formula is C19H18O4. The number of hydrogen-bond acceptors (Lipinski definition) is 4. The third kappa shape index (κ3) is 3.37. The summed E-state index contributed by atoms with van der Waals surface area (Å²) in [7, 11) is 0. The van der Waals surface area contributed by atoms with E-state index in [1.807, 2.05) is 54.6 Å². The maximum atomic E-state index is 11.7. The lowest BCUT2D eigenvalue weighted by molar-refractivity contribution is -0.150. The fraction of sp³-hybridized carbons (Fsp3) is 0.211. The zero-order valence-electron chi connectivity index (χ0n) is 13.1. The Morgan fingerprint density at radius 1 is 1.13 bits per heavy atom. The Hall–Kier alpha value is -2.75. The molecule has 0 saturated heterocycles. The highest BCUT2D eigenvalue weighted by Crippen LogP contribution is 2.30. The van der Waals surface area contributed by atoms with Gasteiger partial charge in [-0.25, -0.2) is 4.79 Å². The first-order valence-electron chi connectivity index (χ1n) is 7.59. The van der Waals surface area contributed by atoms with E-state index in [9.17, 15) is 4.79 Å². The minimum Gasteiger partial charge on any atom is -0.479 e. The van der Waals surface area contributed by atoms with E-state index >= 15 is 0 Å². The first-order chi connectivity index (χ1) is 11.2. The second-order valence-corrected chi connectivity index (χ2v) is 5.19. The molecule has 0 bridgehead atoms. The highest BCUT2D eigenvalue weighted by Gasteiger charge is 2.16. The molecule has 0 N–H and O–H groups in total. The summed E-state index contributed by atoms with van der Waals surface area (Å²) in [5, 5.41) is 1.05. The van der Waals surface area contributed by atoms with Gasteiger partial charge in [-0.15, -0.1) is 0 Å². The van der Waals surface area contributed by atoms with Crippen LogP contribution in [-0.4, -0.2) is 18.7 Å². The van der Waals surface area contributed by atoms with Gasteiger partial charge in [0.2, 0.25) is 0 Å². The highest BCUT2D eigenvalue weighted by molar-refractivity contribution is 5.83. The predicted octanol–water partition coefficient (Wildman–Crippen LogP) is 4.43. The van der Waals surface area contributed by atoms with Crippen LogP contribution in [0.1, 0.15) is 13.8 Å². The van der Waals surface area contributed by atoms with Gasteiger partial charge in [-0.1, -0.05) is 30.3 Å². The minimum absolute atomic E-state index is 0.339. The summed E-state index contributed by atoms with van der Waals surface area (Å²) in [5.74, 6) is 0.991. The number of carbonyl (C=O) groups excluding carboxylic acids is 1. The van der Waals surface area contributed by atoms with Gasteiger partial charge in [0.05, 0.1) is 6.61 Å². The second kappa shape index (κ2) is 6.57. The van der Waals surface area contributed by atoms with Gasteiger partial charge in [-0.2, -0.15) is 0 Å². The summed E-state index contributed by atoms with van der Waals surface area (Å²) >= 11 is 0. The quantitative estimate of drug-likeness (QED) is 0.654. The van der Waals surface area contributed by atoms with Crippen LogP contribution in [0.4, 0.5) is 0 Å². The number of benzene rings is 2. The van der Waals surface area contributed by atoms with Crippen molar-refractivity contribution in [3.05, 3.63) is 54.6 Å². The molecule has 0 aliphatic heterocycles. The lowest BCUT2D eigenvalue weighted by Gasteiger charge is -2.13. The fourth-order valence-corrected chi connectivity index (χ4v) is 2.36. The topological polar surface area (TPSA) is 48.7 Å². The van der Waals surface area contributed by atoms with Gasteiger partial charge >= 0.3 is 5.97 Å². The summed E-state index contributed by atoms with van der Waals surface area (Å²) in [6, 6.07) is 17.3. The number of para-hydroxylation sites is 1. The van der Waals surface area contributed by atoms with Crippen LogP contribution in [0, 0.1) is 0 Å². The van der Waals surface area contributed by atoms with Crippen LogP contribution in [0.3, 0.4) is 0 Å². The summed E-state index contributed by atoms with van der Waals surface area (Å²) < 4.78 is 16.4. The summed E-state index contributed by atoms with van der Waals surface area (Å²) in [4.78, 5) is 11.7. The van der Waals surface area contributed by atoms with E-state index in [4.69, 9.17) is 13.9 Å². The third-order valence-corrected chi connectivity index (χ3v) is 3.48. The maximum absolute atomic E-state index is 11.7. The molecule has 23 heavy (non-hydrogen) atoms. The van der Waals surface area contributed by atoms with E-state index in [-0.39, 0.29) is 5.97 Å². The molecule has 0 amide bonds. The number of furan rings is 1. The minimum atomic E-state index is -0.652. The van der Waals surface area contributed by atoms with E-state index in [0.29, 0.717) is 12.4 Å². The van der Waals surface area contributed by atoms with Crippen LogP contribution in [0.25, 0.3) is 22.3 Å². The third-order valence-electron chi connectivity index (χ3n) is 3.48. The Kier molecular flexibility index (Phi) is 4.33. The molecule has 0 aliphatic carbocycles. The van der Waals surface area contributed by atoms with E-state index in [0.717, 1.165) is 22.3 Å². The van der Waals surface area contributed by atoms with Crippen molar-refractivity contribution in [2.75, 3.05) is 6.61 Å². The Bertz CT molecular complexity index is 786. The number of fused-ring (bicyclic) bond motifs is 1. The molecular weight excluding hydrogens is 292 g/mol. The van der Waals surface area contributed by atoms with Crippen molar-refractivity contribution in [2.24, 2.45) is 0 Å². The average Bonchev–Trinajstić information content (AvgIpc) is 2.99. The molecule has 1 aromatic heterocycles. The molecule has 4 heteroatoms. The normalized spacial score (nSPS) is 12.1.